The van der Waals surface area contributed by atoms with Gasteiger partial charge >= 0.3 is 0 Å². The third kappa shape index (κ3) is 3.93. The number of carbonyl (C=O) groups excluding carboxylic acids is 2. The lowest BCUT2D eigenvalue weighted by Gasteiger charge is -2.43. The van der Waals surface area contributed by atoms with Crippen molar-refractivity contribution >= 4 is 23.2 Å². The molecule has 0 radical (unpaired) electrons. The fourth-order valence-corrected chi connectivity index (χ4v) is 4.73. The number of carbonyl (C=O) groups is 2. The Labute approximate surface area is 189 Å². The molecule has 0 saturated heterocycles. The minimum Gasteiger partial charge on any atom is -0.305 e. The zero-order chi connectivity index (χ0) is 22.8. The molecule has 0 bridgehead atoms. The molecule has 0 N–H and O–H groups in total. The molecule has 166 valence electrons. The molecule has 4 rings (SSSR count). The van der Waals surface area contributed by atoms with Gasteiger partial charge in [0.2, 0.25) is 5.91 Å². The minimum absolute atomic E-state index is 0.0150. The van der Waals surface area contributed by atoms with Gasteiger partial charge in [-0.3, -0.25) is 14.3 Å². The van der Waals surface area contributed by atoms with Gasteiger partial charge in [0.25, 0.3) is 5.91 Å². The highest BCUT2D eigenvalue weighted by molar-refractivity contribution is 6.06. The number of nitrogens with zero attached hydrogens (tertiary/aromatic N) is 4. The van der Waals surface area contributed by atoms with E-state index in [-0.39, 0.29) is 23.9 Å². The van der Waals surface area contributed by atoms with Crippen molar-refractivity contribution < 1.29 is 9.59 Å². The van der Waals surface area contributed by atoms with Crippen LogP contribution in [0.25, 0.3) is 0 Å². The molecule has 0 fully saturated rings. The Bertz CT molecular complexity index is 1120. The summed E-state index contributed by atoms with van der Waals surface area (Å²) in [5, 5.41) is 4.52. The maximum Gasteiger partial charge on any atom is 0.276 e. The summed E-state index contributed by atoms with van der Waals surface area (Å²) in [4.78, 5) is 30.1. The summed E-state index contributed by atoms with van der Waals surface area (Å²) in [6.07, 6.45) is 2.48. The number of rotatable bonds is 5. The Morgan fingerprint density at radius 3 is 2.47 bits per heavy atom. The maximum atomic E-state index is 13.7. The minimum atomic E-state index is -0.146. The predicted octanol–water partition coefficient (Wildman–Crippen LogP) is 4.91. The number of amides is 2. The standard InChI is InChI=1S/C26H30N4O2/c1-5-11-20-17-25(28(4)27-20)26(32)29-18(2)16-24(22-14-9-10-15-23(22)29)30(19(3)31)21-12-7-6-8-13-21/h6-10,12-15,17-18,24H,5,11,16H2,1-4H3/t18-,24+/m1/s1. The molecular formula is C26H30N4O2. The van der Waals surface area contributed by atoms with Crippen molar-refractivity contribution in [2.24, 2.45) is 7.05 Å². The first-order valence-electron chi connectivity index (χ1n) is 11.2. The van der Waals surface area contributed by atoms with Crippen molar-refractivity contribution in [2.45, 2.75) is 52.1 Å². The highest BCUT2D eigenvalue weighted by atomic mass is 16.2. The van der Waals surface area contributed by atoms with E-state index in [1.54, 1.807) is 11.6 Å². The summed E-state index contributed by atoms with van der Waals surface area (Å²) >= 11 is 0. The second-order valence-corrected chi connectivity index (χ2v) is 8.45. The quantitative estimate of drug-likeness (QED) is 0.578. The summed E-state index contributed by atoms with van der Waals surface area (Å²) in [5.74, 6) is -0.0753. The topological polar surface area (TPSA) is 58.4 Å². The Hall–Kier alpha value is -3.41. The van der Waals surface area contributed by atoms with Crippen LogP contribution in [0.15, 0.2) is 60.7 Å². The third-order valence-corrected chi connectivity index (χ3v) is 6.12. The first-order chi connectivity index (χ1) is 15.4. The molecule has 32 heavy (non-hydrogen) atoms. The van der Waals surface area contributed by atoms with E-state index in [0.717, 1.165) is 35.5 Å². The van der Waals surface area contributed by atoms with Crippen LogP contribution in [-0.4, -0.2) is 27.6 Å². The van der Waals surface area contributed by atoms with Crippen LogP contribution in [0.3, 0.4) is 0 Å². The zero-order valence-corrected chi connectivity index (χ0v) is 19.2. The molecule has 0 aliphatic carbocycles. The van der Waals surface area contributed by atoms with Gasteiger partial charge in [-0.2, -0.15) is 5.10 Å². The van der Waals surface area contributed by atoms with E-state index in [1.807, 2.05) is 84.4 Å². The van der Waals surface area contributed by atoms with Crippen molar-refractivity contribution in [1.82, 2.24) is 9.78 Å². The van der Waals surface area contributed by atoms with Gasteiger partial charge in [0.1, 0.15) is 5.69 Å². The number of para-hydroxylation sites is 2. The van der Waals surface area contributed by atoms with Gasteiger partial charge in [-0.1, -0.05) is 49.7 Å². The van der Waals surface area contributed by atoms with Crippen LogP contribution in [0, 0.1) is 0 Å². The molecule has 0 spiro atoms. The lowest BCUT2D eigenvalue weighted by molar-refractivity contribution is -0.117. The molecule has 1 aliphatic heterocycles. The van der Waals surface area contributed by atoms with Gasteiger partial charge in [-0.25, -0.2) is 0 Å². The average molecular weight is 431 g/mol. The lowest BCUT2D eigenvalue weighted by Crippen LogP contribution is -2.47. The summed E-state index contributed by atoms with van der Waals surface area (Å²) < 4.78 is 1.68. The molecule has 0 unspecified atom stereocenters. The Balaban J connectivity index is 1.76. The molecule has 6 nitrogen and oxygen atoms in total. The number of benzene rings is 2. The average Bonchev–Trinajstić information content (AvgIpc) is 3.14. The van der Waals surface area contributed by atoms with Crippen LogP contribution in [-0.2, 0) is 18.3 Å². The number of hydrogen-bond acceptors (Lipinski definition) is 3. The third-order valence-electron chi connectivity index (χ3n) is 6.12. The van der Waals surface area contributed by atoms with E-state index < -0.39 is 0 Å². The van der Waals surface area contributed by atoms with Gasteiger partial charge in [0.05, 0.1) is 11.7 Å². The van der Waals surface area contributed by atoms with Gasteiger partial charge < -0.3 is 9.80 Å². The maximum absolute atomic E-state index is 13.7. The van der Waals surface area contributed by atoms with Crippen molar-refractivity contribution in [2.75, 3.05) is 9.80 Å². The van der Waals surface area contributed by atoms with Crippen molar-refractivity contribution in [3.8, 4) is 0 Å². The van der Waals surface area contributed by atoms with Gasteiger partial charge in [-0.05, 0) is 49.6 Å². The van der Waals surface area contributed by atoms with Crippen LogP contribution in [0.4, 0.5) is 11.4 Å². The van der Waals surface area contributed by atoms with E-state index in [4.69, 9.17) is 0 Å². The van der Waals surface area contributed by atoms with E-state index >= 15 is 0 Å². The summed E-state index contributed by atoms with van der Waals surface area (Å²) in [6.45, 7) is 5.75. The Kier molecular flexibility index (Phi) is 6.12. The van der Waals surface area contributed by atoms with E-state index in [9.17, 15) is 9.59 Å². The van der Waals surface area contributed by atoms with Gasteiger partial charge in [-0.15, -0.1) is 0 Å². The molecule has 0 saturated carbocycles. The van der Waals surface area contributed by atoms with E-state index in [0.29, 0.717) is 12.1 Å². The number of fused-ring (bicyclic) bond motifs is 1. The normalized spacial score (nSPS) is 17.7. The summed E-state index contributed by atoms with van der Waals surface area (Å²) in [5.41, 5.74) is 4.21. The largest absolute Gasteiger partial charge is 0.305 e. The number of aryl methyl sites for hydroxylation is 2. The van der Waals surface area contributed by atoms with E-state index in [2.05, 4.69) is 12.0 Å². The number of hydrogen-bond donors (Lipinski definition) is 0. The Morgan fingerprint density at radius 1 is 1.09 bits per heavy atom. The Morgan fingerprint density at radius 2 is 1.78 bits per heavy atom. The van der Waals surface area contributed by atoms with Crippen LogP contribution < -0.4 is 9.80 Å². The second-order valence-electron chi connectivity index (χ2n) is 8.45. The van der Waals surface area contributed by atoms with Crippen LogP contribution in [0.1, 0.15) is 61.4 Å². The first kappa shape index (κ1) is 21.8. The monoisotopic (exact) mass is 430 g/mol. The summed E-state index contributed by atoms with van der Waals surface area (Å²) in [7, 11) is 1.82. The molecule has 2 amide bonds. The fourth-order valence-electron chi connectivity index (χ4n) is 4.73. The van der Waals surface area contributed by atoms with Crippen LogP contribution >= 0.6 is 0 Å². The fraction of sp³-hybridized carbons (Fsp3) is 0.346. The van der Waals surface area contributed by atoms with Gasteiger partial charge in [0, 0.05) is 31.4 Å². The number of anilines is 2. The second kappa shape index (κ2) is 8.99. The smallest absolute Gasteiger partial charge is 0.276 e. The first-order valence-corrected chi connectivity index (χ1v) is 11.2. The molecule has 1 aromatic heterocycles. The SMILES string of the molecule is CCCc1cc(C(=O)N2c3ccccc3[C@@H](N(C(C)=O)c3ccccc3)C[C@H]2C)n(C)n1. The molecule has 1 aliphatic rings. The van der Waals surface area contributed by atoms with E-state index in [1.165, 1.54) is 0 Å². The predicted molar refractivity (Wildman–Crippen MR) is 127 cm³/mol. The van der Waals surface area contributed by atoms with Gasteiger partial charge in [0.15, 0.2) is 0 Å². The van der Waals surface area contributed by atoms with Crippen molar-refractivity contribution in [3.05, 3.63) is 77.6 Å². The number of aromatic nitrogens is 2. The molecule has 2 atom stereocenters. The molecular weight excluding hydrogens is 400 g/mol. The van der Waals surface area contributed by atoms with Crippen molar-refractivity contribution in [3.63, 3.8) is 0 Å². The molecule has 2 aromatic carbocycles. The van der Waals surface area contributed by atoms with Crippen LogP contribution in [0.2, 0.25) is 0 Å². The molecule has 6 heteroatoms. The lowest BCUT2D eigenvalue weighted by atomic mass is 9.89. The van der Waals surface area contributed by atoms with Crippen LogP contribution in [0.5, 0.6) is 0 Å². The highest BCUT2D eigenvalue weighted by Crippen LogP contribution is 2.42. The molecule has 3 aromatic rings. The molecule has 2 heterocycles. The summed E-state index contributed by atoms with van der Waals surface area (Å²) in [6, 6.07) is 19.3. The zero-order valence-electron chi connectivity index (χ0n) is 19.2. The van der Waals surface area contributed by atoms with Crippen molar-refractivity contribution in [1.29, 1.82) is 0 Å². The highest BCUT2D eigenvalue weighted by Gasteiger charge is 2.38.